The number of rotatable bonds is 4. The van der Waals surface area contributed by atoms with Gasteiger partial charge in [0.15, 0.2) is 0 Å². The van der Waals surface area contributed by atoms with Crippen LogP contribution in [0.3, 0.4) is 0 Å². The first-order chi connectivity index (χ1) is 9.01. The van der Waals surface area contributed by atoms with Crippen LogP contribution in [-0.2, 0) is 4.74 Å². The second-order valence-corrected chi connectivity index (χ2v) is 6.50. The largest absolute Gasteiger partial charge is 0.378 e. The summed E-state index contributed by atoms with van der Waals surface area (Å²) in [4.78, 5) is 2.43. The quantitative estimate of drug-likeness (QED) is 0.822. The molecule has 1 saturated heterocycles. The normalized spacial score (nSPS) is 28.8. The maximum Gasteiger partial charge on any atom is 0.0541 e. The lowest BCUT2D eigenvalue weighted by Gasteiger charge is -2.45. The summed E-state index contributed by atoms with van der Waals surface area (Å²) in [5.74, 6) is 0.601. The van der Waals surface area contributed by atoms with Crippen LogP contribution in [0.2, 0.25) is 0 Å². The van der Waals surface area contributed by atoms with Crippen LogP contribution in [0.4, 0.5) is 0 Å². The Bertz CT molecular complexity index is 390. The molecule has 106 valence electrons. The molecule has 0 amide bonds. The first-order valence-electron chi connectivity index (χ1n) is 7.36. The monoisotopic (exact) mass is 261 g/mol. The van der Waals surface area contributed by atoms with Gasteiger partial charge in [-0.25, -0.2) is 0 Å². The number of piperidine rings is 1. The van der Waals surface area contributed by atoms with Crippen molar-refractivity contribution in [3.05, 3.63) is 35.9 Å². The average molecular weight is 261 g/mol. The van der Waals surface area contributed by atoms with Crippen LogP contribution < -0.4 is 0 Å². The highest BCUT2D eigenvalue weighted by molar-refractivity contribution is 5.23. The topological polar surface area (TPSA) is 12.5 Å². The molecule has 0 spiro atoms. The molecule has 2 atom stereocenters. The summed E-state index contributed by atoms with van der Waals surface area (Å²) in [5.41, 5.74) is 1.67. The molecule has 0 bridgehead atoms. The second-order valence-electron chi connectivity index (χ2n) is 6.50. The molecule has 0 unspecified atom stereocenters. The number of benzene rings is 1. The van der Waals surface area contributed by atoms with Crippen molar-refractivity contribution in [1.29, 1.82) is 0 Å². The maximum atomic E-state index is 5.96. The molecule has 0 aromatic heterocycles. The highest BCUT2D eigenvalue weighted by Gasteiger charge is 2.39. The van der Waals surface area contributed by atoms with Crippen LogP contribution >= 0.6 is 0 Å². The fourth-order valence-corrected chi connectivity index (χ4v) is 3.26. The van der Waals surface area contributed by atoms with Gasteiger partial charge in [-0.05, 0) is 45.3 Å². The van der Waals surface area contributed by atoms with Crippen LogP contribution in [0, 0.1) is 5.41 Å². The third-order valence-corrected chi connectivity index (χ3v) is 4.22. The zero-order valence-corrected chi connectivity index (χ0v) is 12.7. The van der Waals surface area contributed by atoms with Gasteiger partial charge in [0.2, 0.25) is 0 Å². The van der Waals surface area contributed by atoms with Gasteiger partial charge in [0.25, 0.3) is 0 Å². The highest BCUT2D eigenvalue weighted by Crippen LogP contribution is 2.42. The van der Waals surface area contributed by atoms with Crippen molar-refractivity contribution < 1.29 is 4.74 Å². The minimum atomic E-state index is 0.207. The number of hydrogen-bond acceptors (Lipinski definition) is 2. The van der Waals surface area contributed by atoms with Gasteiger partial charge in [-0.1, -0.05) is 37.3 Å². The second kappa shape index (κ2) is 6.06. The van der Waals surface area contributed by atoms with Crippen LogP contribution in [0.15, 0.2) is 30.3 Å². The molecule has 0 saturated carbocycles. The Morgan fingerprint density at radius 2 is 2.00 bits per heavy atom. The predicted molar refractivity (Wildman–Crippen MR) is 80.5 cm³/mol. The standard InChI is InChI=1S/C17H27NO/c1-14(2)19-13-17(3)12-18(4)11-10-16(17)15-8-6-5-7-9-15/h5-9,14,16H,10-13H2,1-4H3/t16-,17+/m1/s1. The third-order valence-electron chi connectivity index (χ3n) is 4.22. The van der Waals surface area contributed by atoms with E-state index in [1.165, 1.54) is 18.5 Å². The molecule has 1 aromatic rings. The molecule has 0 radical (unpaired) electrons. The van der Waals surface area contributed by atoms with Gasteiger partial charge in [0, 0.05) is 12.0 Å². The molecule has 2 heteroatoms. The van der Waals surface area contributed by atoms with Crippen molar-refractivity contribution in [3.8, 4) is 0 Å². The van der Waals surface area contributed by atoms with Crippen molar-refractivity contribution in [2.45, 2.75) is 39.2 Å². The van der Waals surface area contributed by atoms with Crippen molar-refractivity contribution in [1.82, 2.24) is 4.90 Å². The lowest BCUT2D eigenvalue weighted by molar-refractivity contribution is -0.0286. The van der Waals surface area contributed by atoms with E-state index in [-0.39, 0.29) is 5.41 Å². The Kier molecular flexibility index (Phi) is 4.64. The smallest absolute Gasteiger partial charge is 0.0541 e. The van der Waals surface area contributed by atoms with Gasteiger partial charge in [-0.2, -0.15) is 0 Å². The fourth-order valence-electron chi connectivity index (χ4n) is 3.26. The van der Waals surface area contributed by atoms with E-state index in [4.69, 9.17) is 4.74 Å². The molecule has 0 aliphatic carbocycles. The summed E-state index contributed by atoms with van der Waals surface area (Å²) in [6, 6.07) is 10.9. The summed E-state index contributed by atoms with van der Waals surface area (Å²) >= 11 is 0. The number of likely N-dealkylation sites (tertiary alicyclic amines) is 1. The minimum absolute atomic E-state index is 0.207. The van der Waals surface area contributed by atoms with Gasteiger partial charge in [0.1, 0.15) is 0 Å². The minimum Gasteiger partial charge on any atom is -0.378 e. The first-order valence-corrected chi connectivity index (χ1v) is 7.36. The van der Waals surface area contributed by atoms with Gasteiger partial charge in [0.05, 0.1) is 12.7 Å². The number of ether oxygens (including phenoxy) is 1. The van der Waals surface area contributed by atoms with Crippen LogP contribution in [0.5, 0.6) is 0 Å². The van der Waals surface area contributed by atoms with E-state index in [1.54, 1.807) is 0 Å². The summed E-state index contributed by atoms with van der Waals surface area (Å²) in [6.45, 7) is 9.74. The van der Waals surface area contributed by atoms with Crippen LogP contribution in [0.1, 0.15) is 38.7 Å². The number of hydrogen-bond donors (Lipinski definition) is 0. The average Bonchev–Trinajstić information content (AvgIpc) is 2.37. The van der Waals surface area contributed by atoms with Gasteiger partial charge in [-0.3, -0.25) is 0 Å². The van der Waals surface area contributed by atoms with E-state index in [1.807, 2.05) is 0 Å². The van der Waals surface area contributed by atoms with E-state index >= 15 is 0 Å². The molecule has 2 rings (SSSR count). The van der Waals surface area contributed by atoms with E-state index in [0.29, 0.717) is 12.0 Å². The molecule has 0 N–H and O–H groups in total. The lowest BCUT2D eigenvalue weighted by Crippen LogP contribution is -2.47. The van der Waals surface area contributed by atoms with E-state index in [9.17, 15) is 0 Å². The molecule has 19 heavy (non-hydrogen) atoms. The summed E-state index contributed by atoms with van der Waals surface area (Å²) in [6.07, 6.45) is 1.53. The van der Waals surface area contributed by atoms with Crippen molar-refractivity contribution in [3.63, 3.8) is 0 Å². The van der Waals surface area contributed by atoms with Crippen LogP contribution in [0.25, 0.3) is 0 Å². The Balaban J connectivity index is 2.19. The van der Waals surface area contributed by atoms with Crippen molar-refractivity contribution >= 4 is 0 Å². The summed E-state index contributed by atoms with van der Waals surface area (Å²) in [7, 11) is 2.22. The van der Waals surface area contributed by atoms with Gasteiger partial charge in [-0.15, -0.1) is 0 Å². The Labute approximate surface area is 117 Å². The van der Waals surface area contributed by atoms with Gasteiger partial charge < -0.3 is 9.64 Å². The molecule has 2 nitrogen and oxygen atoms in total. The molecule has 1 aliphatic heterocycles. The molecule has 1 fully saturated rings. The maximum absolute atomic E-state index is 5.96. The van der Waals surface area contributed by atoms with E-state index in [0.717, 1.165) is 13.2 Å². The van der Waals surface area contributed by atoms with Crippen molar-refractivity contribution in [2.24, 2.45) is 5.41 Å². The fraction of sp³-hybridized carbons (Fsp3) is 0.647. The Hall–Kier alpha value is -0.860. The van der Waals surface area contributed by atoms with Gasteiger partial charge >= 0.3 is 0 Å². The molecular formula is C17H27NO. The molecular weight excluding hydrogens is 234 g/mol. The van der Waals surface area contributed by atoms with E-state index in [2.05, 4.69) is 63.1 Å². The Morgan fingerprint density at radius 3 is 2.63 bits per heavy atom. The first kappa shape index (κ1) is 14.5. The molecule has 1 heterocycles. The summed E-state index contributed by atoms with van der Waals surface area (Å²) < 4.78 is 5.96. The van der Waals surface area contributed by atoms with Crippen molar-refractivity contribution in [2.75, 3.05) is 26.7 Å². The number of nitrogens with zero attached hydrogens (tertiary/aromatic N) is 1. The molecule has 1 aliphatic rings. The van der Waals surface area contributed by atoms with Crippen LogP contribution in [-0.4, -0.2) is 37.7 Å². The highest BCUT2D eigenvalue weighted by atomic mass is 16.5. The lowest BCUT2D eigenvalue weighted by atomic mass is 9.69. The zero-order valence-electron chi connectivity index (χ0n) is 12.7. The summed E-state index contributed by atoms with van der Waals surface area (Å²) in [5, 5.41) is 0. The SMILES string of the molecule is CC(C)OC[C@]1(C)CN(C)CC[C@@H]1c1ccccc1. The molecule has 1 aromatic carbocycles. The third kappa shape index (κ3) is 3.58. The zero-order chi connectivity index (χ0) is 13.9. The Morgan fingerprint density at radius 1 is 1.32 bits per heavy atom. The predicted octanol–water partition coefficient (Wildman–Crippen LogP) is 3.54. The van der Waals surface area contributed by atoms with E-state index < -0.39 is 0 Å².